The summed E-state index contributed by atoms with van der Waals surface area (Å²) in [6.07, 6.45) is 1.51. The number of amides is 3. The molecule has 4 aromatic carbocycles. The Balaban J connectivity index is 1.54. The molecule has 0 heterocycles. The average Bonchev–Trinajstić information content (AvgIpc) is 3.02. The van der Waals surface area contributed by atoms with E-state index in [0.717, 1.165) is 0 Å². The normalized spacial score (nSPS) is 11.7. The van der Waals surface area contributed by atoms with Crippen LogP contribution in [0.2, 0.25) is 0 Å². The van der Waals surface area contributed by atoms with Gasteiger partial charge in [-0.05, 0) is 73.7 Å². The highest BCUT2D eigenvalue weighted by molar-refractivity contribution is 8.00. The Morgan fingerprint density at radius 1 is 0.837 bits per heavy atom. The van der Waals surface area contributed by atoms with E-state index in [1.165, 1.54) is 44.2 Å². The van der Waals surface area contributed by atoms with Crippen LogP contribution in [0.25, 0.3) is 6.08 Å². The van der Waals surface area contributed by atoms with E-state index in [1.54, 1.807) is 91.9 Å². The first-order valence-electron chi connectivity index (χ1n) is 13.2. The van der Waals surface area contributed by atoms with Crippen LogP contribution in [0.15, 0.2) is 108 Å². The summed E-state index contributed by atoms with van der Waals surface area (Å²) in [6, 6.07) is 26.5. The number of nitrogens with one attached hydrogen (secondary N) is 3. The fourth-order valence-electron chi connectivity index (χ4n) is 3.95. The first kappa shape index (κ1) is 30.9. The maximum atomic E-state index is 14.0. The third kappa shape index (κ3) is 8.46. The van der Waals surface area contributed by atoms with Gasteiger partial charge in [-0.1, -0.05) is 36.4 Å². The van der Waals surface area contributed by atoms with Crippen molar-refractivity contribution >= 4 is 46.9 Å². The van der Waals surface area contributed by atoms with Crippen molar-refractivity contribution in [1.82, 2.24) is 5.32 Å². The molecule has 3 amide bonds. The Bertz CT molecular complexity index is 1640. The van der Waals surface area contributed by atoms with Crippen LogP contribution in [0.3, 0.4) is 0 Å². The van der Waals surface area contributed by atoms with Crippen molar-refractivity contribution in [2.45, 2.75) is 17.1 Å². The monoisotopic (exact) mass is 599 g/mol. The van der Waals surface area contributed by atoms with E-state index in [2.05, 4.69) is 16.0 Å². The second kappa shape index (κ2) is 14.7. The molecule has 43 heavy (non-hydrogen) atoms. The lowest BCUT2D eigenvalue weighted by molar-refractivity contribution is -0.115. The minimum atomic E-state index is -0.582. The van der Waals surface area contributed by atoms with Crippen LogP contribution >= 0.6 is 11.8 Å². The van der Waals surface area contributed by atoms with E-state index < -0.39 is 22.9 Å². The Morgan fingerprint density at radius 2 is 1.58 bits per heavy atom. The van der Waals surface area contributed by atoms with Crippen LogP contribution in [0, 0.1) is 5.82 Å². The minimum Gasteiger partial charge on any atom is -0.497 e. The average molecular weight is 600 g/mol. The zero-order valence-corrected chi connectivity index (χ0v) is 24.5. The molecule has 10 heteroatoms. The molecule has 3 N–H and O–H groups in total. The third-order valence-corrected chi connectivity index (χ3v) is 7.26. The van der Waals surface area contributed by atoms with Crippen LogP contribution in [0.5, 0.6) is 11.5 Å². The quantitative estimate of drug-likeness (QED) is 0.137. The lowest BCUT2D eigenvalue weighted by atomic mass is 10.1. The molecule has 1 unspecified atom stereocenters. The van der Waals surface area contributed by atoms with E-state index in [4.69, 9.17) is 9.47 Å². The number of benzene rings is 4. The van der Waals surface area contributed by atoms with Gasteiger partial charge in [0.2, 0.25) is 5.91 Å². The summed E-state index contributed by atoms with van der Waals surface area (Å²) in [6.45, 7) is 1.70. The molecule has 4 rings (SSSR count). The summed E-state index contributed by atoms with van der Waals surface area (Å²) in [7, 11) is 3.03. The van der Waals surface area contributed by atoms with Gasteiger partial charge in [0.15, 0.2) is 0 Å². The molecule has 1 atom stereocenters. The summed E-state index contributed by atoms with van der Waals surface area (Å²) >= 11 is 1.25. The fourth-order valence-corrected chi connectivity index (χ4v) is 4.88. The van der Waals surface area contributed by atoms with Gasteiger partial charge in [-0.25, -0.2) is 4.39 Å². The lowest BCUT2D eigenvalue weighted by Gasteiger charge is -2.15. The van der Waals surface area contributed by atoms with Crippen molar-refractivity contribution in [3.8, 4) is 11.5 Å². The van der Waals surface area contributed by atoms with Gasteiger partial charge in [0.1, 0.15) is 23.0 Å². The zero-order chi connectivity index (χ0) is 30.8. The minimum absolute atomic E-state index is 0.0314. The number of methoxy groups -OCH3 is 2. The van der Waals surface area contributed by atoms with Gasteiger partial charge in [-0.3, -0.25) is 14.4 Å². The van der Waals surface area contributed by atoms with Gasteiger partial charge in [0, 0.05) is 21.7 Å². The number of thioether (sulfide) groups is 1. The molecular weight excluding hydrogens is 569 g/mol. The molecule has 0 radical (unpaired) electrons. The van der Waals surface area contributed by atoms with Gasteiger partial charge in [-0.15, -0.1) is 11.8 Å². The number of carbonyl (C=O) groups is 3. The number of para-hydroxylation sites is 1. The summed E-state index contributed by atoms with van der Waals surface area (Å²) in [5.74, 6) is -0.928. The van der Waals surface area contributed by atoms with Gasteiger partial charge in [-0.2, -0.15) is 0 Å². The standard InChI is InChI=1S/C33H30FN3O5S/c1-21(31(38)36-28-15-8-7-14-27(28)34)43-26-13-9-12-24(20-26)35-33(40)29(37-32(39)22-10-5-4-6-11-22)19-23-18-25(41-2)16-17-30(23)42-3/h4-21H,1-3H3,(H,35,40)(H,36,38)(H,37,39)/b29-19+. The van der Waals surface area contributed by atoms with Crippen molar-refractivity contribution < 1.29 is 28.2 Å². The fraction of sp³-hybridized carbons (Fsp3) is 0.121. The SMILES string of the molecule is COc1ccc(OC)c(/C=C(/NC(=O)c2ccccc2)C(=O)Nc2cccc(SC(C)C(=O)Nc3ccccc3F)c2)c1. The summed E-state index contributed by atoms with van der Waals surface area (Å²) < 4.78 is 24.7. The van der Waals surface area contributed by atoms with Crippen molar-refractivity contribution in [2.75, 3.05) is 24.9 Å². The molecule has 4 aromatic rings. The van der Waals surface area contributed by atoms with Crippen LogP contribution in [0.1, 0.15) is 22.8 Å². The summed E-state index contributed by atoms with van der Waals surface area (Å²) in [5, 5.41) is 7.55. The number of hydrogen-bond donors (Lipinski definition) is 3. The van der Waals surface area contributed by atoms with Crippen LogP contribution < -0.4 is 25.4 Å². The van der Waals surface area contributed by atoms with Gasteiger partial charge >= 0.3 is 0 Å². The second-order valence-corrected chi connectivity index (χ2v) is 10.6. The third-order valence-electron chi connectivity index (χ3n) is 6.17. The highest BCUT2D eigenvalue weighted by Gasteiger charge is 2.19. The summed E-state index contributed by atoms with van der Waals surface area (Å²) in [4.78, 5) is 39.9. The molecule has 0 aliphatic rings. The number of rotatable bonds is 11. The molecule has 0 aliphatic carbocycles. The summed E-state index contributed by atoms with van der Waals surface area (Å²) in [5.41, 5.74) is 1.40. The molecule has 0 saturated heterocycles. The molecule has 8 nitrogen and oxygen atoms in total. The molecule has 0 aromatic heterocycles. The van der Waals surface area contributed by atoms with Crippen molar-refractivity contribution in [2.24, 2.45) is 0 Å². The van der Waals surface area contributed by atoms with Crippen LogP contribution in [-0.4, -0.2) is 37.2 Å². The molecule has 0 fully saturated rings. The Morgan fingerprint density at radius 3 is 2.30 bits per heavy atom. The van der Waals surface area contributed by atoms with E-state index in [9.17, 15) is 18.8 Å². The van der Waals surface area contributed by atoms with Gasteiger partial charge in [0.05, 0.1) is 25.2 Å². The second-order valence-electron chi connectivity index (χ2n) is 9.20. The smallest absolute Gasteiger partial charge is 0.272 e. The molecule has 0 saturated carbocycles. The predicted octanol–water partition coefficient (Wildman–Crippen LogP) is 6.37. The largest absolute Gasteiger partial charge is 0.497 e. The van der Waals surface area contributed by atoms with Crippen molar-refractivity contribution in [1.29, 1.82) is 0 Å². The first-order valence-corrected chi connectivity index (χ1v) is 14.1. The maximum Gasteiger partial charge on any atom is 0.272 e. The lowest BCUT2D eigenvalue weighted by Crippen LogP contribution is -2.30. The number of anilines is 2. The Kier molecular flexibility index (Phi) is 10.5. The highest BCUT2D eigenvalue weighted by atomic mass is 32.2. The molecule has 220 valence electrons. The number of hydrogen-bond acceptors (Lipinski definition) is 6. The number of halogens is 1. The zero-order valence-electron chi connectivity index (χ0n) is 23.7. The van der Waals surface area contributed by atoms with Crippen molar-refractivity contribution in [3.05, 3.63) is 120 Å². The molecule has 0 bridgehead atoms. The van der Waals surface area contributed by atoms with E-state index in [1.807, 2.05) is 0 Å². The molecule has 0 aliphatic heterocycles. The highest BCUT2D eigenvalue weighted by Crippen LogP contribution is 2.28. The maximum absolute atomic E-state index is 14.0. The molecule has 0 spiro atoms. The van der Waals surface area contributed by atoms with Crippen molar-refractivity contribution in [3.63, 3.8) is 0 Å². The predicted molar refractivity (Wildman–Crippen MR) is 167 cm³/mol. The van der Waals surface area contributed by atoms with E-state index in [0.29, 0.717) is 33.2 Å². The van der Waals surface area contributed by atoms with Gasteiger partial charge < -0.3 is 25.4 Å². The Labute approximate surface area is 253 Å². The van der Waals surface area contributed by atoms with Gasteiger partial charge in [0.25, 0.3) is 11.8 Å². The topological polar surface area (TPSA) is 106 Å². The van der Waals surface area contributed by atoms with Crippen LogP contribution in [-0.2, 0) is 9.59 Å². The van der Waals surface area contributed by atoms with E-state index >= 15 is 0 Å². The first-order chi connectivity index (χ1) is 20.8. The van der Waals surface area contributed by atoms with Crippen LogP contribution in [0.4, 0.5) is 15.8 Å². The number of carbonyl (C=O) groups excluding carboxylic acids is 3. The Hall–Kier alpha value is -5.09. The van der Waals surface area contributed by atoms with E-state index in [-0.39, 0.29) is 17.3 Å². The number of ether oxygens (including phenoxy) is 2. The molecular formula is C33H30FN3O5S.